The second-order valence-electron chi connectivity index (χ2n) is 5.56. The van der Waals surface area contributed by atoms with Crippen LogP contribution in [0.15, 0.2) is 48.5 Å². The van der Waals surface area contributed by atoms with E-state index in [1.54, 1.807) is 12.1 Å². The number of ether oxygens (including phenoxy) is 1. The van der Waals surface area contributed by atoms with E-state index in [9.17, 15) is 13.6 Å². The molecule has 0 unspecified atom stereocenters. The summed E-state index contributed by atoms with van der Waals surface area (Å²) in [5, 5.41) is 2.76. The third-order valence-electron chi connectivity index (χ3n) is 3.39. The zero-order chi connectivity index (χ0) is 17.5. The average Bonchev–Trinajstić information content (AvgIpc) is 2.53. The van der Waals surface area contributed by atoms with E-state index in [-0.39, 0.29) is 11.3 Å². The van der Waals surface area contributed by atoms with Crippen LogP contribution in [0.5, 0.6) is 5.75 Å². The first-order valence-electron chi connectivity index (χ1n) is 7.51. The van der Waals surface area contributed by atoms with E-state index >= 15 is 0 Å². The average molecular weight is 334 g/mol. The number of carbonyl (C=O) groups excluding carboxylic acids is 1. The van der Waals surface area contributed by atoms with Gasteiger partial charge in [0, 0.05) is 13.1 Å². The minimum absolute atomic E-state index is 0.0860. The van der Waals surface area contributed by atoms with E-state index in [2.05, 4.69) is 10.1 Å². The van der Waals surface area contributed by atoms with Gasteiger partial charge in [0.1, 0.15) is 5.75 Å². The summed E-state index contributed by atoms with van der Waals surface area (Å²) in [5.41, 5.74) is 2.16. The molecular weight excluding hydrogens is 314 g/mol. The second kappa shape index (κ2) is 8.40. The first-order chi connectivity index (χ1) is 11.5. The topological polar surface area (TPSA) is 41.6 Å². The summed E-state index contributed by atoms with van der Waals surface area (Å²) < 4.78 is 29.3. The molecule has 0 aliphatic rings. The van der Waals surface area contributed by atoms with Gasteiger partial charge in [0.05, 0.1) is 5.56 Å². The number of hydrogen-bond acceptors (Lipinski definition) is 3. The van der Waals surface area contributed by atoms with Crippen molar-refractivity contribution in [3.63, 3.8) is 0 Å². The Labute approximate surface area is 140 Å². The Bertz CT molecular complexity index is 690. The van der Waals surface area contributed by atoms with Crippen LogP contribution in [0.25, 0.3) is 0 Å². The zero-order valence-corrected chi connectivity index (χ0v) is 13.6. The maximum Gasteiger partial charge on any atom is 0.387 e. The van der Waals surface area contributed by atoms with Gasteiger partial charge in [0.25, 0.3) is 5.91 Å². The van der Waals surface area contributed by atoms with Gasteiger partial charge in [-0.05, 0) is 37.4 Å². The number of hydrogen-bond donors (Lipinski definition) is 1. The number of carbonyl (C=O) groups is 1. The summed E-state index contributed by atoms with van der Waals surface area (Å²) in [5.74, 6) is -0.586. The Morgan fingerprint density at radius 3 is 2.38 bits per heavy atom. The Hall–Kier alpha value is -2.47. The van der Waals surface area contributed by atoms with Crippen molar-refractivity contribution in [1.82, 2.24) is 10.2 Å². The van der Waals surface area contributed by atoms with Gasteiger partial charge < -0.3 is 15.0 Å². The zero-order valence-electron chi connectivity index (χ0n) is 13.6. The molecule has 6 heteroatoms. The van der Waals surface area contributed by atoms with Crippen molar-refractivity contribution >= 4 is 5.91 Å². The number of nitrogens with one attached hydrogen (secondary N) is 1. The fourth-order valence-corrected chi connectivity index (χ4v) is 2.35. The molecule has 0 bridgehead atoms. The van der Waals surface area contributed by atoms with Crippen LogP contribution >= 0.6 is 0 Å². The fraction of sp³-hybridized carbons (Fsp3) is 0.278. The summed E-state index contributed by atoms with van der Waals surface area (Å²) in [7, 11) is 3.93. The largest absolute Gasteiger partial charge is 0.434 e. The van der Waals surface area contributed by atoms with Crippen LogP contribution in [0.1, 0.15) is 21.5 Å². The van der Waals surface area contributed by atoms with Gasteiger partial charge in [-0.25, -0.2) is 0 Å². The smallest absolute Gasteiger partial charge is 0.387 e. The highest BCUT2D eigenvalue weighted by atomic mass is 19.3. The monoisotopic (exact) mass is 334 g/mol. The van der Waals surface area contributed by atoms with Crippen LogP contribution in [0.3, 0.4) is 0 Å². The van der Waals surface area contributed by atoms with Gasteiger partial charge >= 0.3 is 6.61 Å². The molecule has 0 spiro atoms. The standard InChI is InChI=1S/C18H20F2N2O2/c1-22(2)12-14-8-4-3-7-13(14)11-21-17(23)15-9-5-6-10-16(15)24-18(19)20/h3-10,18H,11-12H2,1-2H3,(H,21,23). The Kier molecular flexibility index (Phi) is 6.26. The Morgan fingerprint density at radius 1 is 1.08 bits per heavy atom. The van der Waals surface area contributed by atoms with Crippen LogP contribution in [0, 0.1) is 0 Å². The fourth-order valence-electron chi connectivity index (χ4n) is 2.35. The van der Waals surface area contributed by atoms with Crippen molar-refractivity contribution in [3.05, 3.63) is 65.2 Å². The lowest BCUT2D eigenvalue weighted by atomic mass is 10.1. The summed E-state index contributed by atoms with van der Waals surface area (Å²) >= 11 is 0. The van der Waals surface area contributed by atoms with Gasteiger partial charge in [-0.2, -0.15) is 8.78 Å². The van der Waals surface area contributed by atoms with Crippen molar-refractivity contribution in [2.24, 2.45) is 0 Å². The molecule has 1 amide bonds. The number of benzene rings is 2. The molecule has 0 aliphatic carbocycles. The SMILES string of the molecule is CN(C)Cc1ccccc1CNC(=O)c1ccccc1OC(F)F. The van der Waals surface area contributed by atoms with Gasteiger partial charge in [0.2, 0.25) is 0 Å². The predicted molar refractivity (Wildman–Crippen MR) is 88.1 cm³/mol. The summed E-state index contributed by atoms with van der Waals surface area (Å²) in [6.45, 7) is -1.91. The molecule has 1 N–H and O–H groups in total. The van der Waals surface area contributed by atoms with E-state index in [1.165, 1.54) is 12.1 Å². The highest BCUT2D eigenvalue weighted by Gasteiger charge is 2.15. The molecule has 0 aliphatic heterocycles. The maximum atomic E-state index is 12.4. The van der Waals surface area contributed by atoms with Crippen LogP contribution in [-0.4, -0.2) is 31.5 Å². The van der Waals surface area contributed by atoms with Gasteiger partial charge in [-0.1, -0.05) is 36.4 Å². The van der Waals surface area contributed by atoms with Crippen LogP contribution in [-0.2, 0) is 13.1 Å². The molecule has 0 aromatic heterocycles. The van der Waals surface area contributed by atoms with Crippen LogP contribution < -0.4 is 10.1 Å². The van der Waals surface area contributed by atoms with E-state index in [1.807, 2.05) is 43.3 Å². The molecule has 0 heterocycles. The van der Waals surface area contributed by atoms with E-state index in [4.69, 9.17) is 0 Å². The molecule has 2 rings (SSSR count). The quantitative estimate of drug-likeness (QED) is 0.845. The summed E-state index contributed by atoms with van der Waals surface area (Å²) in [6, 6.07) is 13.7. The lowest BCUT2D eigenvalue weighted by molar-refractivity contribution is -0.0501. The molecule has 24 heavy (non-hydrogen) atoms. The lowest BCUT2D eigenvalue weighted by Crippen LogP contribution is -2.25. The number of halogens is 2. The van der Waals surface area contributed by atoms with E-state index in [0.29, 0.717) is 6.54 Å². The van der Waals surface area contributed by atoms with Crippen molar-refractivity contribution < 1.29 is 18.3 Å². The number of nitrogens with zero attached hydrogens (tertiary/aromatic N) is 1. The van der Waals surface area contributed by atoms with Gasteiger partial charge in [0.15, 0.2) is 0 Å². The molecule has 128 valence electrons. The van der Waals surface area contributed by atoms with E-state index < -0.39 is 12.5 Å². The van der Waals surface area contributed by atoms with Crippen molar-refractivity contribution in [1.29, 1.82) is 0 Å². The molecule has 0 fully saturated rings. The minimum atomic E-state index is -2.97. The maximum absolute atomic E-state index is 12.4. The Morgan fingerprint density at radius 2 is 1.71 bits per heavy atom. The highest BCUT2D eigenvalue weighted by Crippen LogP contribution is 2.20. The highest BCUT2D eigenvalue weighted by molar-refractivity contribution is 5.96. The molecular formula is C18H20F2N2O2. The predicted octanol–water partition coefficient (Wildman–Crippen LogP) is 3.28. The van der Waals surface area contributed by atoms with Crippen molar-refractivity contribution in [2.75, 3.05) is 14.1 Å². The molecule has 4 nitrogen and oxygen atoms in total. The van der Waals surface area contributed by atoms with Crippen molar-refractivity contribution in [3.8, 4) is 5.75 Å². The number of alkyl halides is 2. The molecule has 2 aromatic carbocycles. The minimum Gasteiger partial charge on any atom is -0.434 e. The van der Waals surface area contributed by atoms with Crippen LogP contribution in [0.4, 0.5) is 8.78 Å². The summed E-state index contributed by atoms with van der Waals surface area (Å²) in [4.78, 5) is 14.3. The molecule has 2 aromatic rings. The lowest BCUT2D eigenvalue weighted by Gasteiger charge is -2.15. The van der Waals surface area contributed by atoms with Crippen LogP contribution in [0.2, 0.25) is 0 Å². The number of amides is 1. The number of rotatable bonds is 7. The normalized spacial score (nSPS) is 10.9. The number of para-hydroxylation sites is 1. The molecule has 0 atom stereocenters. The molecule has 0 radical (unpaired) electrons. The first kappa shape index (κ1) is 17.9. The second-order valence-corrected chi connectivity index (χ2v) is 5.56. The summed E-state index contributed by atoms with van der Waals surface area (Å²) in [6.07, 6.45) is 0. The van der Waals surface area contributed by atoms with Gasteiger partial charge in [-0.3, -0.25) is 4.79 Å². The third-order valence-corrected chi connectivity index (χ3v) is 3.39. The van der Waals surface area contributed by atoms with E-state index in [0.717, 1.165) is 17.7 Å². The first-order valence-corrected chi connectivity index (χ1v) is 7.51. The van der Waals surface area contributed by atoms with Crippen molar-refractivity contribution in [2.45, 2.75) is 19.7 Å². The Balaban J connectivity index is 2.09. The van der Waals surface area contributed by atoms with Gasteiger partial charge in [-0.15, -0.1) is 0 Å². The molecule has 0 saturated heterocycles. The third kappa shape index (κ3) is 5.03. The molecule has 0 saturated carbocycles.